The fraction of sp³-hybridized carbons (Fsp3) is 0.304. The van der Waals surface area contributed by atoms with E-state index in [1.807, 2.05) is 0 Å². The van der Waals surface area contributed by atoms with E-state index in [4.69, 9.17) is 4.74 Å². The zero-order valence-electron chi connectivity index (χ0n) is 17.5. The number of benzene rings is 2. The molecule has 1 aliphatic rings. The molecule has 0 radical (unpaired) electrons. The molecular weight excluding hydrogens is 436 g/mol. The van der Waals surface area contributed by atoms with Crippen molar-refractivity contribution in [3.05, 3.63) is 64.7 Å². The van der Waals surface area contributed by atoms with Crippen molar-refractivity contribution in [3.8, 4) is 5.75 Å². The average Bonchev–Trinajstić information content (AvgIpc) is 3.62. The van der Waals surface area contributed by atoms with Gasteiger partial charge in [-0.05, 0) is 37.1 Å². The summed E-state index contributed by atoms with van der Waals surface area (Å²) in [5.74, 6) is -1.05. The minimum atomic E-state index is -3.04. The van der Waals surface area contributed by atoms with Crippen LogP contribution in [0.5, 0.6) is 5.75 Å². The first kappa shape index (κ1) is 22.4. The van der Waals surface area contributed by atoms with E-state index in [0.717, 1.165) is 12.8 Å². The maximum Gasteiger partial charge on any atom is 0.387 e. The summed E-state index contributed by atoms with van der Waals surface area (Å²) in [5, 5.41) is 2.90. The molecule has 0 spiro atoms. The van der Waals surface area contributed by atoms with Gasteiger partial charge in [0.2, 0.25) is 0 Å². The number of fused-ring (bicyclic) bond motifs is 1. The van der Waals surface area contributed by atoms with E-state index in [0.29, 0.717) is 16.7 Å². The Morgan fingerprint density at radius 3 is 2.61 bits per heavy atom. The number of aryl methyl sites for hydroxylation is 1. The monoisotopic (exact) mass is 457 g/mol. The van der Waals surface area contributed by atoms with Gasteiger partial charge < -0.3 is 14.8 Å². The number of para-hydroxylation sites is 3. The van der Waals surface area contributed by atoms with Crippen molar-refractivity contribution in [2.45, 2.75) is 38.3 Å². The zero-order chi connectivity index (χ0) is 23.4. The van der Waals surface area contributed by atoms with Crippen LogP contribution in [0.3, 0.4) is 0 Å². The van der Waals surface area contributed by atoms with Crippen molar-refractivity contribution < 1.29 is 27.8 Å². The number of hydrogen-bond donors (Lipinski definition) is 1. The Labute approximate surface area is 187 Å². The highest BCUT2D eigenvalue weighted by Gasteiger charge is 2.28. The molecule has 1 aromatic heterocycles. The normalized spacial score (nSPS) is 13.2. The van der Waals surface area contributed by atoms with Crippen molar-refractivity contribution in [1.82, 2.24) is 9.55 Å². The minimum absolute atomic E-state index is 0.0349. The molecule has 0 saturated heterocycles. The highest BCUT2D eigenvalue weighted by molar-refractivity contribution is 5.94. The van der Waals surface area contributed by atoms with Gasteiger partial charge in [0, 0.05) is 12.5 Å². The van der Waals surface area contributed by atoms with Crippen molar-refractivity contribution in [1.29, 1.82) is 0 Å². The van der Waals surface area contributed by atoms with E-state index < -0.39 is 25.1 Å². The van der Waals surface area contributed by atoms with Crippen molar-refractivity contribution in [3.63, 3.8) is 0 Å². The molecule has 4 rings (SSSR count). The summed E-state index contributed by atoms with van der Waals surface area (Å²) in [5.41, 5.74) is 0.468. The SMILES string of the molecule is O=C(COC(=O)CCc1nc2ccccc2c(=O)n1C1CC1)Nc1ccccc1OC(F)F. The molecule has 0 unspecified atom stereocenters. The van der Waals surface area contributed by atoms with Gasteiger partial charge in [0.15, 0.2) is 6.61 Å². The highest BCUT2D eigenvalue weighted by atomic mass is 19.3. The quantitative estimate of drug-likeness (QED) is 0.494. The Morgan fingerprint density at radius 1 is 1.12 bits per heavy atom. The number of anilines is 1. The number of nitrogens with one attached hydrogen (secondary N) is 1. The van der Waals surface area contributed by atoms with Gasteiger partial charge in [0.1, 0.15) is 11.6 Å². The topological polar surface area (TPSA) is 99.5 Å². The number of esters is 1. The fourth-order valence-corrected chi connectivity index (χ4v) is 3.46. The summed E-state index contributed by atoms with van der Waals surface area (Å²) >= 11 is 0. The fourth-order valence-electron chi connectivity index (χ4n) is 3.46. The van der Waals surface area contributed by atoms with Gasteiger partial charge in [-0.2, -0.15) is 8.78 Å². The molecule has 8 nitrogen and oxygen atoms in total. The summed E-state index contributed by atoms with van der Waals surface area (Å²) in [7, 11) is 0. The van der Waals surface area contributed by atoms with Crippen LogP contribution < -0.4 is 15.6 Å². The smallest absolute Gasteiger partial charge is 0.387 e. The average molecular weight is 457 g/mol. The van der Waals surface area contributed by atoms with Crippen molar-refractivity contribution >= 4 is 28.5 Å². The predicted octanol–water partition coefficient (Wildman–Crippen LogP) is 3.45. The van der Waals surface area contributed by atoms with Crippen LogP contribution in [0.25, 0.3) is 10.9 Å². The molecule has 172 valence electrons. The molecule has 33 heavy (non-hydrogen) atoms. The van der Waals surface area contributed by atoms with E-state index in [1.54, 1.807) is 28.8 Å². The Morgan fingerprint density at radius 2 is 1.85 bits per heavy atom. The number of carbonyl (C=O) groups excluding carboxylic acids is 2. The van der Waals surface area contributed by atoms with Crippen LogP contribution in [0.4, 0.5) is 14.5 Å². The molecule has 0 aliphatic heterocycles. The molecule has 1 amide bonds. The first-order valence-corrected chi connectivity index (χ1v) is 10.4. The van der Waals surface area contributed by atoms with Crippen LogP contribution in [0.2, 0.25) is 0 Å². The molecule has 2 aromatic carbocycles. The van der Waals surface area contributed by atoms with Gasteiger partial charge in [0.05, 0.1) is 23.0 Å². The third-order valence-corrected chi connectivity index (χ3v) is 5.09. The van der Waals surface area contributed by atoms with Crippen LogP contribution in [0.1, 0.15) is 31.1 Å². The lowest BCUT2D eigenvalue weighted by atomic mass is 10.2. The molecule has 1 fully saturated rings. The van der Waals surface area contributed by atoms with Gasteiger partial charge in [-0.15, -0.1) is 0 Å². The molecular formula is C23H21F2N3O5. The third-order valence-electron chi connectivity index (χ3n) is 5.09. The lowest BCUT2D eigenvalue weighted by Crippen LogP contribution is -2.26. The summed E-state index contributed by atoms with van der Waals surface area (Å²) in [6.07, 6.45) is 1.88. The van der Waals surface area contributed by atoms with Crippen molar-refractivity contribution in [2.24, 2.45) is 0 Å². The summed E-state index contributed by atoms with van der Waals surface area (Å²) in [6.45, 7) is -3.64. The summed E-state index contributed by atoms with van der Waals surface area (Å²) in [4.78, 5) is 41.7. The second-order valence-electron chi connectivity index (χ2n) is 7.54. The van der Waals surface area contributed by atoms with Crippen LogP contribution in [0, 0.1) is 0 Å². The number of amides is 1. The molecule has 1 heterocycles. The molecule has 10 heteroatoms. The van der Waals surface area contributed by atoms with Crippen LogP contribution in [-0.4, -0.2) is 34.6 Å². The van der Waals surface area contributed by atoms with Gasteiger partial charge in [-0.25, -0.2) is 4.98 Å². The van der Waals surface area contributed by atoms with Crippen LogP contribution in [0.15, 0.2) is 53.3 Å². The van der Waals surface area contributed by atoms with E-state index >= 15 is 0 Å². The number of alkyl halides is 2. The Balaban J connectivity index is 1.35. The number of hydrogen-bond acceptors (Lipinski definition) is 6. The van der Waals surface area contributed by atoms with E-state index in [9.17, 15) is 23.2 Å². The van der Waals surface area contributed by atoms with Crippen LogP contribution >= 0.6 is 0 Å². The third kappa shape index (κ3) is 5.51. The van der Waals surface area contributed by atoms with Crippen LogP contribution in [-0.2, 0) is 20.7 Å². The second kappa shape index (κ2) is 9.76. The van der Waals surface area contributed by atoms with Gasteiger partial charge in [-0.1, -0.05) is 24.3 Å². The van der Waals surface area contributed by atoms with Gasteiger partial charge in [0.25, 0.3) is 11.5 Å². The molecule has 1 aliphatic carbocycles. The Bertz CT molecular complexity index is 1240. The molecule has 0 atom stereocenters. The molecule has 0 bridgehead atoms. The van der Waals surface area contributed by atoms with Crippen molar-refractivity contribution in [2.75, 3.05) is 11.9 Å². The number of ether oxygens (including phenoxy) is 2. The largest absolute Gasteiger partial charge is 0.456 e. The predicted molar refractivity (Wildman–Crippen MR) is 115 cm³/mol. The maximum absolute atomic E-state index is 12.9. The lowest BCUT2D eigenvalue weighted by Gasteiger charge is -2.13. The molecule has 1 saturated carbocycles. The zero-order valence-corrected chi connectivity index (χ0v) is 17.5. The first-order chi connectivity index (χ1) is 15.9. The van der Waals surface area contributed by atoms with E-state index in [2.05, 4.69) is 15.0 Å². The molecule has 3 aromatic rings. The minimum Gasteiger partial charge on any atom is -0.456 e. The van der Waals surface area contributed by atoms with Gasteiger partial charge >= 0.3 is 12.6 Å². The first-order valence-electron chi connectivity index (χ1n) is 10.4. The number of aromatic nitrogens is 2. The van der Waals surface area contributed by atoms with E-state index in [1.165, 1.54) is 24.3 Å². The maximum atomic E-state index is 12.9. The van der Waals surface area contributed by atoms with Gasteiger partial charge in [-0.3, -0.25) is 19.0 Å². The standard InChI is InChI=1S/C23H21F2N3O5/c24-23(25)33-18-8-4-3-7-17(18)27-20(29)13-32-21(30)12-11-19-26-16-6-2-1-5-15(16)22(31)28(19)14-9-10-14/h1-8,14,23H,9-13H2,(H,27,29). The second-order valence-corrected chi connectivity index (χ2v) is 7.54. The molecule has 1 N–H and O–H groups in total. The van der Waals surface area contributed by atoms with E-state index in [-0.39, 0.29) is 35.9 Å². The Kier molecular flexibility index (Phi) is 6.62. The number of carbonyl (C=O) groups is 2. The number of nitrogens with zero attached hydrogens (tertiary/aromatic N) is 2. The summed E-state index contributed by atoms with van der Waals surface area (Å²) in [6, 6.07) is 12.8. The number of halogens is 2. The number of rotatable bonds is 9. The highest BCUT2D eigenvalue weighted by Crippen LogP contribution is 2.35. The summed E-state index contributed by atoms with van der Waals surface area (Å²) < 4.78 is 35.9. The Hall–Kier alpha value is -3.82. The lowest BCUT2D eigenvalue weighted by molar-refractivity contribution is -0.147.